The van der Waals surface area contributed by atoms with Crippen LogP contribution in [0, 0.1) is 11.3 Å². The summed E-state index contributed by atoms with van der Waals surface area (Å²) in [5.74, 6) is 0.422. The number of aryl methyl sites for hydroxylation is 1. The van der Waals surface area contributed by atoms with E-state index >= 15 is 0 Å². The number of halogens is 1. The Balaban J connectivity index is 1.49. The van der Waals surface area contributed by atoms with Crippen LogP contribution in [0.3, 0.4) is 0 Å². The fourth-order valence-corrected chi connectivity index (χ4v) is 4.92. The Hall–Kier alpha value is -3.64. The number of ether oxygens (including phenoxy) is 1. The van der Waals surface area contributed by atoms with E-state index in [4.69, 9.17) is 21.3 Å². The molecule has 0 amide bonds. The van der Waals surface area contributed by atoms with E-state index in [2.05, 4.69) is 26.3 Å². The maximum atomic E-state index is 10.00. The van der Waals surface area contributed by atoms with Crippen molar-refractivity contribution in [1.82, 2.24) is 14.5 Å². The van der Waals surface area contributed by atoms with Crippen LogP contribution in [0.2, 0.25) is 5.02 Å². The van der Waals surface area contributed by atoms with Crippen molar-refractivity contribution in [2.45, 2.75) is 25.3 Å². The van der Waals surface area contributed by atoms with Gasteiger partial charge in [-0.2, -0.15) is 5.26 Å². The fraction of sp³-hybridized carbons (Fsp3) is 0.296. The monoisotopic (exact) mass is 502 g/mol. The van der Waals surface area contributed by atoms with Gasteiger partial charge in [0.2, 0.25) is 5.95 Å². The van der Waals surface area contributed by atoms with Crippen LogP contribution < -0.4 is 10.6 Å². The predicted molar refractivity (Wildman–Crippen MR) is 142 cm³/mol. The summed E-state index contributed by atoms with van der Waals surface area (Å²) in [5.41, 5.74) is 5.05. The van der Waals surface area contributed by atoms with Gasteiger partial charge in [0, 0.05) is 60.6 Å². The van der Waals surface area contributed by atoms with Crippen molar-refractivity contribution in [3.05, 3.63) is 64.9 Å². The molecule has 184 valence electrons. The van der Waals surface area contributed by atoms with Crippen LogP contribution in [0.25, 0.3) is 22.2 Å². The van der Waals surface area contributed by atoms with Crippen LogP contribution in [0.15, 0.2) is 48.8 Å². The van der Waals surface area contributed by atoms with Crippen LogP contribution >= 0.6 is 11.6 Å². The van der Waals surface area contributed by atoms with Crippen LogP contribution in [-0.4, -0.2) is 46.5 Å². The number of nitrogens with one attached hydrogen (secondary N) is 2. The van der Waals surface area contributed by atoms with Gasteiger partial charge in [-0.3, -0.25) is 0 Å². The molecule has 0 saturated carbocycles. The molecule has 8 nitrogen and oxygen atoms in total. The van der Waals surface area contributed by atoms with Gasteiger partial charge in [-0.15, -0.1) is 0 Å². The normalized spacial score (nSPS) is 16.5. The Morgan fingerprint density at radius 2 is 2.17 bits per heavy atom. The summed E-state index contributed by atoms with van der Waals surface area (Å²) in [4.78, 5) is 9.15. The first-order valence-electron chi connectivity index (χ1n) is 11.8. The van der Waals surface area contributed by atoms with Gasteiger partial charge in [-0.05, 0) is 48.4 Å². The third-order valence-electron chi connectivity index (χ3n) is 6.71. The average molecular weight is 503 g/mol. The maximum absolute atomic E-state index is 10.00. The van der Waals surface area contributed by atoms with Gasteiger partial charge in [0.25, 0.3) is 0 Å². The van der Waals surface area contributed by atoms with Crippen LogP contribution in [0.5, 0.6) is 0 Å². The maximum Gasteiger partial charge on any atom is 0.227 e. The molecule has 0 bridgehead atoms. The van der Waals surface area contributed by atoms with Crippen molar-refractivity contribution in [2.75, 3.05) is 37.5 Å². The van der Waals surface area contributed by atoms with Crippen LogP contribution in [0.1, 0.15) is 24.5 Å². The molecule has 2 aromatic heterocycles. The highest BCUT2D eigenvalue weighted by atomic mass is 35.5. The zero-order valence-corrected chi connectivity index (χ0v) is 20.9. The smallest absolute Gasteiger partial charge is 0.227 e. The molecule has 5 rings (SSSR count). The largest absolute Gasteiger partial charge is 0.395 e. The van der Waals surface area contributed by atoms with Crippen molar-refractivity contribution < 1.29 is 9.84 Å². The van der Waals surface area contributed by atoms with Crippen molar-refractivity contribution >= 4 is 39.8 Å². The van der Waals surface area contributed by atoms with Crippen molar-refractivity contribution in [2.24, 2.45) is 0 Å². The Morgan fingerprint density at radius 1 is 1.31 bits per heavy atom. The molecular weight excluding hydrogens is 476 g/mol. The number of hydrogen-bond acceptors (Lipinski definition) is 7. The molecule has 0 fully saturated rings. The minimum Gasteiger partial charge on any atom is -0.395 e. The van der Waals surface area contributed by atoms with E-state index in [0.29, 0.717) is 35.4 Å². The van der Waals surface area contributed by atoms with Gasteiger partial charge in [0.1, 0.15) is 6.07 Å². The van der Waals surface area contributed by atoms with Gasteiger partial charge in [0.05, 0.1) is 34.8 Å². The number of aromatic nitrogens is 3. The topological polar surface area (TPSA) is 108 Å². The number of benzene rings is 2. The summed E-state index contributed by atoms with van der Waals surface area (Å²) in [6.07, 6.45) is 4.63. The first-order chi connectivity index (χ1) is 17.5. The molecule has 3 heterocycles. The second-order valence-electron chi connectivity index (χ2n) is 9.26. The summed E-state index contributed by atoms with van der Waals surface area (Å²) < 4.78 is 7.34. The van der Waals surface area contributed by atoms with E-state index in [9.17, 15) is 10.4 Å². The lowest BCUT2D eigenvalue weighted by molar-refractivity contribution is 0.190. The Labute approximate surface area is 214 Å². The zero-order chi connectivity index (χ0) is 25.3. The molecule has 0 saturated heterocycles. The zero-order valence-electron chi connectivity index (χ0n) is 20.2. The number of aliphatic hydroxyl groups excluding tert-OH is 1. The molecule has 0 spiro atoms. The second-order valence-corrected chi connectivity index (χ2v) is 9.70. The van der Waals surface area contributed by atoms with E-state index in [1.54, 1.807) is 13.3 Å². The van der Waals surface area contributed by atoms with E-state index in [1.807, 2.05) is 49.5 Å². The van der Waals surface area contributed by atoms with Gasteiger partial charge >= 0.3 is 0 Å². The van der Waals surface area contributed by atoms with Crippen molar-refractivity contribution in [3.63, 3.8) is 0 Å². The summed E-state index contributed by atoms with van der Waals surface area (Å²) in [7, 11) is 1.70. The molecule has 0 aliphatic carbocycles. The molecule has 9 heteroatoms. The lowest BCUT2D eigenvalue weighted by atomic mass is 9.83. The quantitative estimate of drug-likeness (QED) is 0.288. The summed E-state index contributed by atoms with van der Waals surface area (Å²) in [6.45, 7) is 4.05. The number of fused-ring (bicyclic) bond motifs is 2. The van der Waals surface area contributed by atoms with Gasteiger partial charge in [0.15, 0.2) is 0 Å². The van der Waals surface area contributed by atoms with E-state index in [0.717, 1.165) is 46.4 Å². The molecule has 1 aliphatic heterocycles. The summed E-state index contributed by atoms with van der Waals surface area (Å²) >= 11 is 6.46. The average Bonchev–Trinajstić information content (AvgIpc) is 3.45. The Kier molecular flexibility index (Phi) is 6.54. The van der Waals surface area contributed by atoms with E-state index in [1.165, 1.54) is 0 Å². The molecule has 1 unspecified atom stereocenters. The van der Waals surface area contributed by atoms with Crippen molar-refractivity contribution in [3.8, 4) is 17.3 Å². The minimum atomic E-state index is -0.464. The second kappa shape index (κ2) is 9.78. The molecule has 1 atom stereocenters. The lowest BCUT2D eigenvalue weighted by Crippen LogP contribution is -2.28. The standard InChI is InChI=1S/C27H27ClN6O2/c1-27(16-35)15-31-25-18(14-29)10-17(11-21(25)27)22-4-6-30-26(32-22)33-23-12-19(28)13-24-20(23)5-8-34(24)7-3-9-36-2/h4-6,8,10-13,31,35H,3,7,9,15-16H2,1-2H3,(H,30,32,33). The molecule has 4 aromatic rings. The number of anilines is 3. The molecular formula is C27H27ClN6O2. The first kappa shape index (κ1) is 24.1. The molecule has 3 N–H and O–H groups in total. The predicted octanol–water partition coefficient (Wildman–Crippen LogP) is 5.08. The third kappa shape index (κ3) is 4.37. The van der Waals surface area contributed by atoms with Gasteiger partial charge < -0.3 is 25.0 Å². The van der Waals surface area contributed by atoms with Gasteiger partial charge in [-0.25, -0.2) is 9.97 Å². The summed E-state index contributed by atoms with van der Waals surface area (Å²) in [6, 6.07) is 13.8. The minimum absolute atomic E-state index is 0.0201. The van der Waals surface area contributed by atoms with Crippen molar-refractivity contribution in [1.29, 1.82) is 5.26 Å². The van der Waals surface area contributed by atoms with Crippen LogP contribution in [0.4, 0.5) is 17.3 Å². The number of hydrogen-bond donors (Lipinski definition) is 3. The lowest BCUT2D eigenvalue weighted by Gasteiger charge is -2.21. The highest BCUT2D eigenvalue weighted by Gasteiger charge is 2.36. The summed E-state index contributed by atoms with van der Waals surface area (Å²) in [5, 5.41) is 28.0. The molecule has 0 radical (unpaired) electrons. The number of aliphatic hydroxyl groups is 1. The first-order valence-corrected chi connectivity index (χ1v) is 12.1. The fourth-order valence-electron chi connectivity index (χ4n) is 4.70. The van der Waals surface area contributed by atoms with Crippen LogP contribution in [-0.2, 0) is 16.7 Å². The molecule has 2 aromatic carbocycles. The highest BCUT2D eigenvalue weighted by molar-refractivity contribution is 6.32. The third-order valence-corrected chi connectivity index (χ3v) is 6.93. The Morgan fingerprint density at radius 3 is 2.94 bits per heavy atom. The Bertz CT molecular complexity index is 1480. The molecule has 1 aliphatic rings. The number of methoxy groups -OCH3 is 1. The number of rotatable bonds is 8. The van der Waals surface area contributed by atoms with Gasteiger partial charge in [-0.1, -0.05) is 18.5 Å². The van der Waals surface area contributed by atoms with E-state index in [-0.39, 0.29) is 6.61 Å². The highest BCUT2D eigenvalue weighted by Crippen LogP contribution is 2.41. The van der Waals surface area contributed by atoms with E-state index < -0.39 is 5.41 Å². The SMILES string of the molecule is COCCCn1ccc2c(Nc3nccc(-c4cc(C#N)c5c(c4)C(C)(CO)CN5)n3)cc(Cl)cc21. The number of nitriles is 1. The molecule has 36 heavy (non-hydrogen) atoms. The number of nitrogens with zero attached hydrogens (tertiary/aromatic N) is 4.